The van der Waals surface area contributed by atoms with Gasteiger partial charge in [0, 0.05) is 13.1 Å². The molecule has 1 saturated heterocycles. The molecule has 1 aliphatic heterocycles. The van der Waals surface area contributed by atoms with E-state index in [0.29, 0.717) is 50.6 Å². The van der Waals surface area contributed by atoms with E-state index < -0.39 is 5.41 Å². The largest absolute Gasteiger partial charge is 0.493 e. The van der Waals surface area contributed by atoms with Crippen molar-refractivity contribution in [1.29, 1.82) is 5.26 Å². The number of rotatable bonds is 8. The number of carbonyl (C=O) groups is 1. The maximum Gasteiger partial charge on any atom is 0.320 e. The van der Waals surface area contributed by atoms with Gasteiger partial charge in [-0.2, -0.15) is 5.26 Å². The highest BCUT2D eigenvalue weighted by molar-refractivity contribution is 5.71. The molecule has 0 unspecified atom stereocenters. The Bertz CT molecular complexity index is 646. The van der Waals surface area contributed by atoms with Crippen LogP contribution in [0.5, 0.6) is 11.5 Å². The molecule has 1 fully saturated rings. The summed E-state index contributed by atoms with van der Waals surface area (Å²) < 4.78 is 16.2. The fourth-order valence-corrected chi connectivity index (χ4v) is 3.25. The quantitative estimate of drug-likeness (QED) is 0.664. The summed E-state index contributed by atoms with van der Waals surface area (Å²) in [6.45, 7) is 6.49. The van der Waals surface area contributed by atoms with Crippen LogP contribution in [0.15, 0.2) is 18.2 Å². The lowest BCUT2D eigenvalue weighted by molar-refractivity contribution is -0.144. The van der Waals surface area contributed by atoms with Crippen LogP contribution in [0.4, 0.5) is 0 Å². The summed E-state index contributed by atoms with van der Waals surface area (Å²) in [6.07, 6.45) is 2.24. The Hall–Kier alpha value is -2.26. The third-order valence-corrected chi connectivity index (χ3v) is 4.76. The number of methoxy groups -OCH3 is 1. The van der Waals surface area contributed by atoms with Gasteiger partial charge in [-0.05, 0) is 43.9 Å². The van der Waals surface area contributed by atoms with Gasteiger partial charge in [0.25, 0.3) is 0 Å². The lowest BCUT2D eigenvalue weighted by Crippen LogP contribution is -2.44. The van der Waals surface area contributed by atoms with E-state index in [1.54, 1.807) is 14.0 Å². The standard InChI is InChI=1S/C20H28N2O4/c1-4-12-26-18-13-16(6-7-17(18)24-3)20(15-21)8-10-22(11-9-20)14-19(23)25-5-2/h6-7,13H,4-5,8-12,14H2,1-3H3. The minimum atomic E-state index is -0.568. The van der Waals surface area contributed by atoms with Crippen LogP contribution in [0, 0.1) is 11.3 Å². The van der Waals surface area contributed by atoms with Crippen molar-refractivity contribution in [2.24, 2.45) is 0 Å². The zero-order valence-electron chi connectivity index (χ0n) is 15.9. The Morgan fingerprint density at radius 2 is 2.00 bits per heavy atom. The molecule has 2 rings (SSSR count). The van der Waals surface area contributed by atoms with Gasteiger partial charge in [-0.3, -0.25) is 9.69 Å². The summed E-state index contributed by atoms with van der Waals surface area (Å²) >= 11 is 0. The Morgan fingerprint density at radius 1 is 1.27 bits per heavy atom. The maximum absolute atomic E-state index is 11.7. The first-order valence-electron chi connectivity index (χ1n) is 9.19. The Morgan fingerprint density at radius 3 is 2.58 bits per heavy atom. The minimum Gasteiger partial charge on any atom is -0.493 e. The molecule has 0 N–H and O–H groups in total. The summed E-state index contributed by atoms with van der Waals surface area (Å²) in [4.78, 5) is 13.7. The minimum absolute atomic E-state index is 0.211. The number of benzene rings is 1. The van der Waals surface area contributed by atoms with Crippen molar-refractivity contribution in [3.63, 3.8) is 0 Å². The molecule has 0 saturated carbocycles. The predicted molar refractivity (Wildman–Crippen MR) is 98.4 cm³/mol. The lowest BCUT2D eigenvalue weighted by atomic mass is 9.74. The van der Waals surface area contributed by atoms with Gasteiger partial charge in [-0.15, -0.1) is 0 Å². The molecule has 1 aromatic carbocycles. The van der Waals surface area contributed by atoms with E-state index in [1.807, 2.05) is 30.0 Å². The van der Waals surface area contributed by atoms with E-state index in [4.69, 9.17) is 14.2 Å². The van der Waals surface area contributed by atoms with Gasteiger partial charge in [0.05, 0.1) is 38.4 Å². The van der Waals surface area contributed by atoms with Gasteiger partial charge in [0.2, 0.25) is 0 Å². The van der Waals surface area contributed by atoms with Gasteiger partial charge in [0.1, 0.15) is 0 Å². The second-order valence-electron chi connectivity index (χ2n) is 6.49. The molecule has 1 aromatic rings. The Kier molecular flexibility index (Phi) is 7.28. The average molecular weight is 360 g/mol. The molecule has 0 aliphatic carbocycles. The van der Waals surface area contributed by atoms with Gasteiger partial charge in [-0.1, -0.05) is 13.0 Å². The monoisotopic (exact) mass is 360 g/mol. The van der Waals surface area contributed by atoms with E-state index in [2.05, 4.69) is 6.07 Å². The molecule has 6 heteroatoms. The van der Waals surface area contributed by atoms with Crippen molar-refractivity contribution in [2.75, 3.05) is 40.0 Å². The molecule has 0 aromatic heterocycles. The highest BCUT2D eigenvalue weighted by atomic mass is 16.5. The molecular formula is C20H28N2O4. The van der Waals surface area contributed by atoms with Crippen molar-refractivity contribution < 1.29 is 19.0 Å². The highest BCUT2D eigenvalue weighted by Gasteiger charge is 2.37. The molecule has 6 nitrogen and oxygen atoms in total. The molecule has 26 heavy (non-hydrogen) atoms. The van der Waals surface area contributed by atoms with E-state index in [1.165, 1.54) is 0 Å². The normalized spacial score (nSPS) is 16.5. The second-order valence-corrected chi connectivity index (χ2v) is 6.49. The van der Waals surface area contributed by atoms with Crippen molar-refractivity contribution in [1.82, 2.24) is 4.90 Å². The summed E-state index contributed by atoms with van der Waals surface area (Å²) in [6, 6.07) is 8.26. The second kappa shape index (κ2) is 9.44. The molecule has 0 bridgehead atoms. The molecule has 1 heterocycles. The molecule has 0 atom stereocenters. The van der Waals surface area contributed by atoms with Crippen molar-refractivity contribution in [3.8, 4) is 17.6 Å². The Balaban J connectivity index is 2.13. The molecular weight excluding hydrogens is 332 g/mol. The lowest BCUT2D eigenvalue weighted by Gasteiger charge is -2.37. The van der Waals surface area contributed by atoms with Crippen LogP contribution in [0.2, 0.25) is 0 Å². The number of piperidine rings is 1. The summed E-state index contributed by atoms with van der Waals surface area (Å²) in [5, 5.41) is 9.91. The van der Waals surface area contributed by atoms with Crippen LogP contribution < -0.4 is 9.47 Å². The molecule has 0 spiro atoms. The zero-order chi connectivity index (χ0) is 19.0. The van der Waals surface area contributed by atoms with E-state index in [0.717, 1.165) is 12.0 Å². The SMILES string of the molecule is CCCOc1cc(C2(C#N)CCN(CC(=O)OCC)CC2)ccc1OC. The first-order chi connectivity index (χ1) is 12.6. The van der Waals surface area contributed by atoms with Crippen molar-refractivity contribution in [2.45, 2.75) is 38.5 Å². The fraction of sp³-hybridized carbons (Fsp3) is 0.600. The number of nitriles is 1. The number of ether oxygens (including phenoxy) is 3. The molecule has 0 radical (unpaired) electrons. The van der Waals surface area contributed by atoms with Crippen LogP contribution in [0.3, 0.4) is 0 Å². The van der Waals surface area contributed by atoms with Gasteiger partial charge >= 0.3 is 5.97 Å². The van der Waals surface area contributed by atoms with Crippen LogP contribution in [0.25, 0.3) is 0 Å². The molecule has 0 amide bonds. The van der Waals surface area contributed by atoms with Gasteiger partial charge in [-0.25, -0.2) is 0 Å². The third kappa shape index (κ3) is 4.67. The summed E-state index contributed by atoms with van der Waals surface area (Å²) in [7, 11) is 1.61. The first kappa shape index (κ1) is 20.1. The van der Waals surface area contributed by atoms with Gasteiger partial charge in [0.15, 0.2) is 11.5 Å². The maximum atomic E-state index is 11.7. The van der Waals surface area contributed by atoms with E-state index in [9.17, 15) is 10.1 Å². The summed E-state index contributed by atoms with van der Waals surface area (Å²) in [5.74, 6) is 1.14. The predicted octanol–water partition coefficient (Wildman–Crippen LogP) is 2.90. The number of carbonyl (C=O) groups excluding carboxylic acids is 1. The highest BCUT2D eigenvalue weighted by Crippen LogP contribution is 2.39. The van der Waals surface area contributed by atoms with Crippen molar-refractivity contribution >= 4 is 5.97 Å². The van der Waals surface area contributed by atoms with Crippen LogP contribution in [0.1, 0.15) is 38.7 Å². The smallest absolute Gasteiger partial charge is 0.320 e. The number of likely N-dealkylation sites (tertiary alicyclic amines) is 1. The zero-order valence-corrected chi connectivity index (χ0v) is 15.9. The van der Waals surface area contributed by atoms with Crippen LogP contribution in [-0.4, -0.2) is 50.8 Å². The van der Waals surface area contributed by atoms with Crippen LogP contribution in [-0.2, 0) is 14.9 Å². The average Bonchev–Trinajstić information content (AvgIpc) is 2.67. The number of nitrogens with zero attached hydrogens (tertiary/aromatic N) is 2. The van der Waals surface area contributed by atoms with E-state index >= 15 is 0 Å². The number of hydrogen-bond donors (Lipinski definition) is 0. The fourth-order valence-electron chi connectivity index (χ4n) is 3.25. The first-order valence-corrected chi connectivity index (χ1v) is 9.19. The molecule has 1 aliphatic rings. The topological polar surface area (TPSA) is 71.8 Å². The van der Waals surface area contributed by atoms with Crippen molar-refractivity contribution in [3.05, 3.63) is 23.8 Å². The number of hydrogen-bond acceptors (Lipinski definition) is 6. The van der Waals surface area contributed by atoms with Gasteiger partial charge < -0.3 is 14.2 Å². The van der Waals surface area contributed by atoms with Crippen LogP contribution >= 0.6 is 0 Å². The summed E-state index contributed by atoms with van der Waals surface area (Å²) in [5.41, 5.74) is 0.379. The number of esters is 1. The van der Waals surface area contributed by atoms with E-state index in [-0.39, 0.29) is 12.5 Å². The Labute approximate surface area is 155 Å². The molecule has 142 valence electrons. The third-order valence-electron chi connectivity index (χ3n) is 4.76.